The van der Waals surface area contributed by atoms with Gasteiger partial charge in [-0.25, -0.2) is 0 Å². The van der Waals surface area contributed by atoms with Crippen LogP contribution in [0.1, 0.15) is 11.1 Å². The molecule has 1 amide bonds. The van der Waals surface area contributed by atoms with Crippen molar-refractivity contribution in [3.05, 3.63) is 71.7 Å². The lowest BCUT2D eigenvalue weighted by Crippen LogP contribution is -2.14. The summed E-state index contributed by atoms with van der Waals surface area (Å²) in [5.41, 5.74) is 3.86. The smallest absolute Gasteiger partial charge is 0.266 e. The lowest BCUT2D eigenvalue weighted by Gasteiger charge is -2.07. The Morgan fingerprint density at radius 2 is 1.96 bits per heavy atom. The molecule has 3 aromatic rings. The molecule has 1 aromatic carbocycles. The Hall–Kier alpha value is -3.72. The molecule has 26 heavy (non-hydrogen) atoms. The summed E-state index contributed by atoms with van der Waals surface area (Å²) in [6, 6.07) is 13.1. The van der Waals surface area contributed by atoms with Crippen LogP contribution in [0.4, 0.5) is 5.69 Å². The average molecular weight is 343 g/mol. The SMILES string of the molecule is Cc1ccccc1NC(=O)/C(C#N)=C\c1cn(C)nc1-c1ccncc1. The number of hydrogen-bond donors (Lipinski definition) is 1. The Morgan fingerprint density at radius 1 is 1.23 bits per heavy atom. The van der Waals surface area contributed by atoms with E-state index in [2.05, 4.69) is 15.4 Å². The van der Waals surface area contributed by atoms with Crippen LogP contribution in [0.2, 0.25) is 0 Å². The first kappa shape index (κ1) is 17.1. The van der Waals surface area contributed by atoms with Crippen LogP contribution in [-0.4, -0.2) is 20.7 Å². The lowest BCUT2D eigenvalue weighted by atomic mass is 10.1. The molecule has 0 saturated heterocycles. The molecule has 0 bridgehead atoms. The number of nitriles is 1. The summed E-state index contributed by atoms with van der Waals surface area (Å²) in [6.45, 7) is 1.90. The van der Waals surface area contributed by atoms with Gasteiger partial charge in [-0.2, -0.15) is 10.4 Å². The van der Waals surface area contributed by atoms with E-state index in [0.717, 1.165) is 11.1 Å². The van der Waals surface area contributed by atoms with Gasteiger partial charge in [-0.15, -0.1) is 0 Å². The summed E-state index contributed by atoms with van der Waals surface area (Å²) in [7, 11) is 1.79. The number of amides is 1. The summed E-state index contributed by atoms with van der Waals surface area (Å²) >= 11 is 0. The molecule has 6 heteroatoms. The molecule has 0 aliphatic carbocycles. The monoisotopic (exact) mass is 343 g/mol. The van der Waals surface area contributed by atoms with E-state index in [9.17, 15) is 10.1 Å². The Labute approximate surface area is 151 Å². The van der Waals surface area contributed by atoms with E-state index in [1.165, 1.54) is 0 Å². The normalized spacial score (nSPS) is 11.0. The summed E-state index contributed by atoms with van der Waals surface area (Å²) in [6.07, 6.45) is 6.67. The zero-order chi connectivity index (χ0) is 18.5. The summed E-state index contributed by atoms with van der Waals surface area (Å²) < 4.78 is 1.65. The molecule has 2 aromatic heterocycles. The molecular formula is C20H17N5O. The van der Waals surface area contributed by atoms with Gasteiger partial charge >= 0.3 is 0 Å². The quantitative estimate of drug-likeness (QED) is 0.582. The van der Waals surface area contributed by atoms with Crippen LogP contribution < -0.4 is 5.32 Å². The molecule has 0 aliphatic heterocycles. The maximum Gasteiger partial charge on any atom is 0.266 e. The van der Waals surface area contributed by atoms with Gasteiger partial charge in [0.25, 0.3) is 5.91 Å². The van der Waals surface area contributed by atoms with Crippen LogP contribution in [0, 0.1) is 18.3 Å². The molecule has 6 nitrogen and oxygen atoms in total. The van der Waals surface area contributed by atoms with E-state index in [-0.39, 0.29) is 5.57 Å². The number of carbonyl (C=O) groups excluding carboxylic acids is 1. The van der Waals surface area contributed by atoms with Gasteiger partial charge in [0.2, 0.25) is 0 Å². The molecule has 128 valence electrons. The maximum absolute atomic E-state index is 12.5. The number of benzene rings is 1. The Balaban J connectivity index is 1.94. The van der Waals surface area contributed by atoms with Gasteiger partial charge < -0.3 is 5.32 Å². The largest absolute Gasteiger partial charge is 0.321 e. The van der Waals surface area contributed by atoms with Gasteiger partial charge in [-0.1, -0.05) is 18.2 Å². The van der Waals surface area contributed by atoms with Crippen molar-refractivity contribution >= 4 is 17.7 Å². The van der Waals surface area contributed by atoms with Crippen LogP contribution in [0.3, 0.4) is 0 Å². The number of nitrogens with zero attached hydrogens (tertiary/aromatic N) is 4. The van der Waals surface area contributed by atoms with Gasteiger partial charge in [-0.05, 0) is 36.8 Å². The Bertz CT molecular complexity index is 1010. The van der Waals surface area contributed by atoms with Crippen molar-refractivity contribution in [3.63, 3.8) is 0 Å². The lowest BCUT2D eigenvalue weighted by molar-refractivity contribution is -0.112. The summed E-state index contributed by atoms with van der Waals surface area (Å²) in [4.78, 5) is 16.5. The van der Waals surface area contributed by atoms with Crippen molar-refractivity contribution < 1.29 is 4.79 Å². The minimum Gasteiger partial charge on any atom is -0.321 e. The summed E-state index contributed by atoms with van der Waals surface area (Å²) in [5, 5.41) is 16.7. The van der Waals surface area contributed by atoms with Crippen molar-refractivity contribution in [3.8, 4) is 17.3 Å². The van der Waals surface area contributed by atoms with Crippen LogP contribution >= 0.6 is 0 Å². The van der Waals surface area contributed by atoms with E-state index in [4.69, 9.17) is 0 Å². The molecule has 2 heterocycles. The number of rotatable bonds is 4. The minimum atomic E-state index is -0.452. The van der Waals surface area contributed by atoms with E-state index < -0.39 is 5.91 Å². The standard InChI is InChI=1S/C20H17N5O/c1-14-5-3-4-6-18(14)23-20(26)16(12-21)11-17-13-25(2)24-19(17)15-7-9-22-10-8-15/h3-11,13H,1-2H3,(H,23,26)/b16-11-. The van der Waals surface area contributed by atoms with Crippen LogP contribution in [-0.2, 0) is 11.8 Å². The van der Waals surface area contributed by atoms with Crippen LogP contribution in [0.25, 0.3) is 17.3 Å². The van der Waals surface area contributed by atoms with Crippen LogP contribution in [0.5, 0.6) is 0 Å². The van der Waals surface area contributed by atoms with E-state index in [0.29, 0.717) is 16.9 Å². The molecule has 3 rings (SSSR count). The highest BCUT2D eigenvalue weighted by atomic mass is 16.1. The zero-order valence-electron chi connectivity index (χ0n) is 14.5. The number of anilines is 1. The molecule has 0 aliphatic rings. The second kappa shape index (κ2) is 7.45. The Morgan fingerprint density at radius 3 is 2.65 bits per heavy atom. The summed E-state index contributed by atoms with van der Waals surface area (Å²) in [5.74, 6) is -0.452. The third-order valence-electron chi connectivity index (χ3n) is 3.87. The molecule has 1 N–H and O–H groups in total. The highest BCUT2D eigenvalue weighted by Crippen LogP contribution is 2.24. The first-order valence-corrected chi connectivity index (χ1v) is 8.01. The third kappa shape index (κ3) is 3.68. The second-order valence-corrected chi connectivity index (χ2v) is 5.78. The molecule has 0 spiro atoms. The van der Waals surface area contributed by atoms with Gasteiger partial charge in [0.1, 0.15) is 11.6 Å². The molecule has 0 saturated carbocycles. The van der Waals surface area contributed by atoms with Crippen LogP contribution in [0.15, 0.2) is 60.6 Å². The number of hydrogen-bond acceptors (Lipinski definition) is 4. The molecule has 0 unspecified atom stereocenters. The molecule has 0 radical (unpaired) electrons. The zero-order valence-corrected chi connectivity index (χ0v) is 14.5. The molecule has 0 fully saturated rings. The van der Waals surface area contributed by atoms with Crippen molar-refractivity contribution in [2.75, 3.05) is 5.32 Å². The molecule has 0 atom stereocenters. The van der Waals surface area contributed by atoms with Crippen molar-refractivity contribution in [2.45, 2.75) is 6.92 Å². The first-order valence-electron chi connectivity index (χ1n) is 8.01. The topological polar surface area (TPSA) is 83.6 Å². The van der Waals surface area contributed by atoms with E-state index >= 15 is 0 Å². The van der Waals surface area contributed by atoms with Gasteiger partial charge in [-0.3, -0.25) is 14.5 Å². The number of carbonyl (C=O) groups is 1. The number of pyridine rings is 1. The third-order valence-corrected chi connectivity index (χ3v) is 3.87. The number of aromatic nitrogens is 3. The van der Waals surface area contributed by atoms with E-state index in [1.54, 1.807) is 42.5 Å². The number of nitrogens with one attached hydrogen (secondary N) is 1. The van der Waals surface area contributed by atoms with Gasteiger partial charge in [0.15, 0.2) is 0 Å². The van der Waals surface area contributed by atoms with Gasteiger partial charge in [0.05, 0.1) is 5.69 Å². The molecular weight excluding hydrogens is 326 g/mol. The highest BCUT2D eigenvalue weighted by molar-refractivity contribution is 6.10. The number of para-hydroxylation sites is 1. The fraction of sp³-hybridized carbons (Fsp3) is 0.100. The predicted octanol–water partition coefficient (Wildman–Crippen LogP) is 3.34. The number of aryl methyl sites for hydroxylation is 2. The van der Waals surface area contributed by atoms with E-state index in [1.807, 2.05) is 43.3 Å². The van der Waals surface area contributed by atoms with Crippen molar-refractivity contribution in [1.82, 2.24) is 14.8 Å². The Kier molecular flexibility index (Phi) is 4.90. The highest BCUT2D eigenvalue weighted by Gasteiger charge is 2.14. The average Bonchev–Trinajstić information content (AvgIpc) is 3.02. The van der Waals surface area contributed by atoms with Gasteiger partial charge in [0, 0.05) is 42.5 Å². The fourth-order valence-electron chi connectivity index (χ4n) is 2.55. The maximum atomic E-state index is 12.5. The second-order valence-electron chi connectivity index (χ2n) is 5.78. The fourth-order valence-corrected chi connectivity index (χ4v) is 2.55. The minimum absolute atomic E-state index is 0.0107. The van der Waals surface area contributed by atoms with Crippen molar-refractivity contribution in [2.24, 2.45) is 7.05 Å². The predicted molar refractivity (Wildman–Crippen MR) is 99.8 cm³/mol. The first-order chi connectivity index (χ1) is 12.6. The van der Waals surface area contributed by atoms with Crippen molar-refractivity contribution in [1.29, 1.82) is 5.26 Å².